The van der Waals surface area contributed by atoms with E-state index >= 15 is 0 Å². The molecule has 0 aliphatic heterocycles. The number of carbonyl (C=O) groups is 2. The molecule has 0 spiro atoms. The summed E-state index contributed by atoms with van der Waals surface area (Å²) in [5.41, 5.74) is -0.889. The van der Waals surface area contributed by atoms with Crippen LogP contribution in [0.15, 0.2) is 20.7 Å². The standard InChI is InChI=1S/C8H12N4.C6H9N5O2/c1-7(2,5-9)11-12-8(3,4)6-10;1-6(2,3-7)11(5-13)10-9-8-4-12/h1-4H3;4-5H,1-2H3,(H,8,10,12). The summed E-state index contributed by atoms with van der Waals surface area (Å²) < 4.78 is 0. The van der Waals surface area contributed by atoms with Gasteiger partial charge in [-0.1, -0.05) is 0 Å². The summed E-state index contributed by atoms with van der Waals surface area (Å²) in [5, 5.41) is 40.5. The molecule has 0 atom stereocenters. The summed E-state index contributed by atoms with van der Waals surface area (Å²) in [5.74, 6) is 0. The van der Waals surface area contributed by atoms with E-state index < -0.39 is 16.6 Å². The van der Waals surface area contributed by atoms with Crippen molar-refractivity contribution in [3.8, 4) is 18.2 Å². The van der Waals surface area contributed by atoms with Crippen molar-refractivity contribution in [1.29, 1.82) is 15.8 Å². The Labute approximate surface area is 146 Å². The van der Waals surface area contributed by atoms with Gasteiger partial charge in [-0.15, -0.1) is 0 Å². The molecule has 0 fully saturated rings. The number of nitriles is 3. The first-order chi connectivity index (χ1) is 11.4. The van der Waals surface area contributed by atoms with E-state index in [1.807, 2.05) is 23.6 Å². The zero-order chi connectivity index (χ0) is 20.1. The van der Waals surface area contributed by atoms with E-state index in [0.29, 0.717) is 12.8 Å². The molecule has 11 heteroatoms. The van der Waals surface area contributed by atoms with Crippen LogP contribution < -0.4 is 5.43 Å². The van der Waals surface area contributed by atoms with Crippen LogP contribution in [0.25, 0.3) is 0 Å². The number of nitrogens with zero attached hydrogens (tertiary/aromatic N) is 8. The van der Waals surface area contributed by atoms with Crippen molar-refractivity contribution in [1.82, 2.24) is 10.4 Å². The Hall–Kier alpha value is -3.39. The first kappa shape index (κ1) is 23.9. The summed E-state index contributed by atoms with van der Waals surface area (Å²) in [6, 6.07) is 5.78. The van der Waals surface area contributed by atoms with E-state index in [9.17, 15) is 9.59 Å². The van der Waals surface area contributed by atoms with Crippen LogP contribution in [0.4, 0.5) is 0 Å². The molecule has 0 aliphatic rings. The molecule has 0 saturated carbocycles. The maximum atomic E-state index is 10.4. The van der Waals surface area contributed by atoms with Gasteiger partial charge in [0, 0.05) is 0 Å². The van der Waals surface area contributed by atoms with E-state index in [1.54, 1.807) is 27.7 Å². The molecule has 0 aromatic rings. The number of hydrogen-bond donors (Lipinski definition) is 1. The molecule has 134 valence electrons. The second-order valence-electron chi connectivity index (χ2n) is 6.10. The van der Waals surface area contributed by atoms with Crippen LogP contribution in [0.5, 0.6) is 0 Å². The van der Waals surface area contributed by atoms with Crippen LogP contribution in [0.3, 0.4) is 0 Å². The summed E-state index contributed by atoms with van der Waals surface area (Å²) in [6.07, 6.45) is 0.644. The highest BCUT2D eigenvalue weighted by Crippen LogP contribution is 2.13. The van der Waals surface area contributed by atoms with Gasteiger partial charge in [0.05, 0.1) is 18.2 Å². The van der Waals surface area contributed by atoms with Gasteiger partial charge < -0.3 is 0 Å². The van der Waals surface area contributed by atoms with Gasteiger partial charge in [0.2, 0.25) is 12.8 Å². The van der Waals surface area contributed by atoms with Crippen molar-refractivity contribution in [2.24, 2.45) is 20.7 Å². The minimum atomic E-state index is -1.09. The molecule has 25 heavy (non-hydrogen) atoms. The van der Waals surface area contributed by atoms with Gasteiger partial charge in [-0.2, -0.15) is 31.0 Å². The zero-order valence-corrected chi connectivity index (χ0v) is 15.0. The van der Waals surface area contributed by atoms with Gasteiger partial charge in [-0.25, -0.2) is 5.43 Å². The Balaban J connectivity index is 0. The molecule has 0 radical (unpaired) electrons. The fraction of sp³-hybridized carbons (Fsp3) is 0.643. The molecule has 0 aromatic carbocycles. The topological polar surface area (TPSA) is 170 Å². The predicted octanol–water partition coefficient (Wildman–Crippen LogP) is 1.82. The highest BCUT2D eigenvalue weighted by molar-refractivity contribution is 5.49. The summed E-state index contributed by atoms with van der Waals surface area (Å²) >= 11 is 0. The third-order valence-corrected chi connectivity index (χ3v) is 2.29. The fourth-order valence-electron chi connectivity index (χ4n) is 0.708. The van der Waals surface area contributed by atoms with E-state index in [-0.39, 0.29) is 0 Å². The Bertz CT molecular complexity index is 602. The molecule has 0 heterocycles. The van der Waals surface area contributed by atoms with Crippen molar-refractivity contribution >= 4 is 12.8 Å². The molecule has 0 bridgehead atoms. The molecular weight excluding hydrogens is 326 g/mol. The summed E-state index contributed by atoms with van der Waals surface area (Å²) in [4.78, 5) is 20.2. The van der Waals surface area contributed by atoms with Crippen LogP contribution in [0.1, 0.15) is 41.5 Å². The molecule has 0 unspecified atom stereocenters. The Morgan fingerprint density at radius 3 is 1.60 bits per heavy atom. The van der Waals surface area contributed by atoms with Gasteiger partial charge in [0.1, 0.15) is 5.54 Å². The number of amides is 2. The average Bonchev–Trinajstić information content (AvgIpc) is 2.57. The van der Waals surface area contributed by atoms with Crippen molar-refractivity contribution in [2.75, 3.05) is 0 Å². The maximum Gasteiger partial charge on any atom is 0.232 e. The zero-order valence-electron chi connectivity index (χ0n) is 15.0. The second kappa shape index (κ2) is 10.4. The molecule has 0 saturated heterocycles. The molecule has 11 nitrogen and oxygen atoms in total. The van der Waals surface area contributed by atoms with Crippen molar-refractivity contribution in [3.05, 3.63) is 0 Å². The van der Waals surface area contributed by atoms with Crippen molar-refractivity contribution in [2.45, 2.75) is 58.2 Å². The number of azo groups is 1. The predicted molar refractivity (Wildman–Crippen MR) is 85.9 cm³/mol. The maximum absolute atomic E-state index is 10.4. The lowest BCUT2D eigenvalue weighted by atomic mass is 10.1. The Morgan fingerprint density at radius 2 is 1.32 bits per heavy atom. The van der Waals surface area contributed by atoms with E-state index in [2.05, 4.69) is 20.7 Å². The van der Waals surface area contributed by atoms with Gasteiger partial charge in [0.25, 0.3) is 0 Å². The molecule has 0 aliphatic carbocycles. The lowest BCUT2D eigenvalue weighted by molar-refractivity contribution is -0.122. The average molecular weight is 347 g/mol. The monoisotopic (exact) mass is 347 g/mol. The number of carbonyl (C=O) groups excluding carboxylic acids is 2. The van der Waals surface area contributed by atoms with Gasteiger partial charge in [-0.05, 0) is 52.0 Å². The first-order valence-electron chi connectivity index (χ1n) is 6.93. The lowest BCUT2D eigenvalue weighted by Crippen LogP contribution is -2.37. The van der Waals surface area contributed by atoms with Gasteiger partial charge >= 0.3 is 0 Å². The largest absolute Gasteiger partial charge is 0.277 e. The van der Waals surface area contributed by atoms with E-state index in [0.717, 1.165) is 5.01 Å². The molecule has 0 aromatic heterocycles. The Kier molecular flexibility index (Phi) is 9.93. The lowest BCUT2D eigenvalue weighted by Gasteiger charge is -2.21. The number of nitrogens with one attached hydrogen (secondary N) is 1. The molecule has 2 amide bonds. The SMILES string of the molecule is CC(C)(C#N)N(C=O)N=NNC=O.CC(C)(C#N)N=NC(C)(C)C#N. The van der Waals surface area contributed by atoms with Crippen LogP contribution in [0, 0.1) is 34.0 Å². The molecule has 1 N–H and O–H groups in total. The first-order valence-corrected chi connectivity index (χ1v) is 6.93. The Morgan fingerprint density at radius 1 is 0.880 bits per heavy atom. The third-order valence-electron chi connectivity index (χ3n) is 2.29. The van der Waals surface area contributed by atoms with Crippen molar-refractivity contribution in [3.63, 3.8) is 0 Å². The highest BCUT2D eigenvalue weighted by Gasteiger charge is 2.25. The number of rotatable bonds is 7. The quantitative estimate of drug-likeness (QED) is 0.419. The van der Waals surface area contributed by atoms with Crippen LogP contribution >= 0.6 is 0 Å². The summed E-state index contributed by atoms with van der Waals surface area (Å²) in [6.45, 7) is 9.55. The van der Waals surface area contributed by atoms with Crippen molar-refractivity contribution < 1.29 is 9.59 Å². The van der Waals surface area contributed by atoms with Crippen LogP contribution in [0.2, 0.25) is 0 Å². The molecule has 0 rings (SSSR count). The summed E-state index contributed by atoms with van der Waals surface area (Å²) in [7, 11) is 0. The minimum absolute atomic E-state index is 0.297. The molecular formula is C14H21N9O2. The van der Waals surface area contributed by atoms with E-state index in [1.165, 1.54) is 13.8 Å². The van der Waals surface area contributed by atoms with Crippen LogP contribution in [-0.4, -0.2) is 34.4 Å². The van der Waals surface area contributed by atoms with Gasteiger partial charge in [0.15, 0.2) is 11.1 Å². The number of hydrogen-bond acceptors (Lipinski definition) is 9. The van der Waals surface area contributed by atoms with Crippen LogP contribution in [-0.2, 0) is 9.59 Å². The van der Waals surface area contributed by atoms with Gasteiger partial charge in [-0.3, -0.25) is 9.59 Å². The smallest absolute Gasteiger partial charge is 0.232 e. The highest BCUT2D eigenvalue weighted by atomic mass is 16.2. The normalized spacial score (nSPS) is 11.5. The fourth-order valence-corrected chi connectivity index (χ4v) is 0.708. The second-order valence-corrected chi connectivity index (χ2v) is 6.10. The third kappa shape index (κ3) is 10.9. The van der Waals surface area contributed by atoms with E-state index in [4.69, 9.17) is 15.8 Å². The minimum Gasteiger partial charge on any atom is -0.277 e.